The Morgan fingerprint density at radius 3 is 2.48 bits per heavy atom. The van der Waals surface area contributed by atoms with Crippen LogP contribution in [0, 0.1) is 0 Å². The number of hydrogen-bond acceptors (Lipinski definition) is 5. The Hall–Kier alpha value is -2.06. The monoisotopic (exact) mass is 374 g/mol. The minimum Gasteiger partial charge on any atom is -0.461 e. The van der Waals surface area contributed by atoms with E-state index >= 15 is 0 Å². The number of fused-ring (bicyclic) bond motifs is 1. The van der Waals surface area contributed by atoms with Crippen LogP contribution in [0.4, 0.5) is 0 Å². The smallest absolute Gasteiger partial charge is 0.461 e. The number of aromatic amines is 1. The van der Waals surface area contributed by atoms with Crippen LogP contribution in [-0.2, 0) is 21.1 Å². The first-order valence-corrected chi connectivity index (χ1v) is 9.32. The molecule has 1 fully saturated rings. The van der Waals surface area contributed by atoms with Crippen molar-refractivity contribution in [1.29, 1.82) is 0 Å². The summed E-state index contributed by atoms with van der Waals surface area (Å²) in [5.41, 5.74) is 0.0650. The maximum atomic E-state index is 12.5. The Balaban J connectivity index is 2.03. The summed E-state index contributed by atoms with van der Waals surface area (Å²) in [5, 5.41) is 0.610. The molecule has 0 aliphatic carbocycles. The lowest BCUT2D eigenvalue weighted by molar-refractivity contribution is 0.00578. The van der Waals surface area contributed by atoms with Crippen molar-refractivity contribution in [3.63, 3.8) is 0 Å². The van der Waals surface area contributed by atoms with E-state index in [2.05, 4.69) is 4.98 Å². The fourth-order valence-corrected chi connectivity index (χ4v) is 3.02. The van der Waals surface area contributed by atoms with E-state index in [1.54, 1.807) is 19.3 Å². The van der Waals surface area contributed by atoms with Gasteiger partial charge in [-0.1, -0.05) is 13.3 Å². The van der Waals surface area contributed by atoms with Crippen molar-refractivity contribution in [1.82, 2.24) is 9.55 Å². The van der Waals surface area contributed by atoms with Gasteiger partial charge in [0.05, 0.1) is 17.8 Å². The van der Waals surface area contributed by atoms with E-state index in [4.69, 9.17) is 14.0 Å². The summed E-state index contributed by atoms with van der Waals surface area (Å²) >= 11 is 0. The van der Waals surface area contributed by atoms with Gasteiger partial charge in [0.1, 0.15) is 11.2 Å². The lowest BCUT2D eigenvalue weighted by atomic mass is 9.78. The summed E-state index contributed by atoms with van der Waals surface area (Å²) in [6.07, 6.45) is 3.44. The van der Waals surface area contributed by atoms with Crippen LogP contribution >= 0.6 is 0 Å². The zero-order chi connectivity index (χ0) is 20.0. The highest BCUT2D eigenvalue weighted by atomic mass is 16.7. The Labute approximate surface area is 159 Å². The van der Waals surface area contributed by atoms with Crippen LogP contribution in [0.25, 0.3) is 10.9 Å². The van der Waals surface area contributed by atoms with E-state index in [-0.39, 0.29) is 11.3 Å². The summed E-state index contributed by atoms with van der Waals surface area (Å²) in [7, 11) is 1.03. The largest absolute Gasteiger partial charge is 0.497 e. The van der Waals surface area contributed by atoms with Gasteiger partial charge in [-0.25, -0.2) is 4.79 Å². The number of carbonyl (C=O) groups is 1. The Morgan fingerprint density at radius 2 is 1.89 bits per heavy atom. The van der Waals surface area contributed by atoms with E-state index < -0.39 is 24.3 Å². The standard InChI is InChI=1S/C19H27BN2O5/c1-7-8-9-25-17(24)14-10-12-13(11-22(6)16(23)15(12)21-14)20-26-18(2,3)19(4,5)27-20/h10-11,21H,7-9H2,1-6H3. The second-order valence-electron chi connectivity index (χ2n) is 8.05. The Kier molecular flexibility index (Phi) is 4.99. The number of nitrogens with zero attached hydrogens (tertiary/aromatic N) is 1. The number of aromatic nitrogens is 2. The Bertz CT molecular complexity index is 912. The molecular weight excluding hydrogens is 347 g/mol. The highest BCUT2D eigenvalue weighted by molar-refractivity contribution is 6.65. The second kappa shape index (κ2) is 6.84. The van der Waals surface area contributed by atoms with Crippen molar-refractivity contribution in [3.05, 3.63) is 28.3 Å². The molecule has 3 heterocycles. The fourth-order valence-electron chi connectivity index (χ4n) is 3.02. The van der Waals surface area contributed by atoms with Crippen LogP contribution in [0.2, 0.25) is 0 Å². The molecule has 0 radical (unpaired) electrons. The van der Waals surface area contributed by atoms with Crippen LogP contribution in [-0.4, -0.2) is 40.4 Å². The van der Waals surface area contributed by atoms with Gasteiger partial charge < -0.3 is 23.6 Å². The van der Waals surface area contributed by atoms with Crippen LogP contribution < -0.4 is 11.0 Å². The van der Waals surface area contributed by atoms with E-state index in [9.17, 15) is 9.59 Å². The van der Waals surface area contributed by atoms with E-state index in [1.165, 1.54) is 4.57 Å². The summed E-state index contributed by atoms with van der Waals surface area (Å²) in [6, 6.07) is 1.64. The van der Waals surface area contributed by atoms with Crippen molar-refractivity contribution in [3.8, 4) is 0 Å². The summed E-state index contributed by atoms with van der Waals surface area (Å²) in [6.45, 7) is 10.3. The molecule has 2 aromatic rings. The molecule has 2 aromatic heterocycles. The maximum absolute atomic E-state index is 12.5. The first kappa shape index (κ1) is 19.7. The molecule has 0 amide bonds. The molecule has 7 nitrogen and oxygen atoms in total. The molecule has 1 N–H and O–H groups in total. The van der Waals surface area contributed by atoms with Crippen molar-refractivity contribution in [2.24, 2.45) is 7.05 Å². The van der Waals surface area contributed by atoms with Gasteiger partial charge in [-0.3, -0.25) is 4.79 Å². The van der Waals surface area contributed by atoms with Crippen molar-refractivity contribution in [2.45, 2.75) is 58.7 Å². The number of carbonyl (C=O) groups excluding carboxylic acids is 1. The molecule has 0 spiro atoms. The third kappa shape index (κ3) is 3.43. The topological polar surface area (TPSA) is 82.6 Å². The molecular formula is C19H27BN2O5. The van der Waals surface area contributed by atoms with Gasteiger partial charge in [0.15, 0.2) is 0 Å². The third-order valence-corrected chi connectivity index (χ3v) is 5.45. The van der Waals surface area contributed by atoms with Crippen LogP contribution in [0.15, 0.2) is 17.1 Å². The molecule has 146 valence electrons. The van der Waals surface area contributed by atoms with Crippen molar-refractivity contribution >= 4 is 29.5 Å². The number of ether oxygens (including phenoxy) is 1. The number of rotatable bonds is 5. The summed E-state index contributed by atoms with van der Waals surface area (Å²) in [5.74, 6) is -0.471. The molecule has 27 heavy (non-hydrogen) atoms. The van der Waals surface area contributed by atoms with Gasteiger partial charge >= 0.3 is 13.1 Å². The predicted molar refractivity (Wildman–Crippen MR) is 104 cm³/mol. The molecule has 1 saturated heterocycles. The molecule has 1 aliphatic rings. The molecule has 0 saturated carbocycles. The normalized spacial score (nSPS) is 18.2. The van der Waals surface area contributed by atoms with Gasteiger partial charge in [-0.15, -0.1) is 0 Å². The molecule has 0 aromatic carbocycles. The van der Waals surface area contributed by atoms with E-state index in [0.29, 0.717) is 23.0 Å². The van der Waals surface area contributed by atoms with Crippen LogP contribution in [0.3, 0.4) is 0 Å². The van der Waals surface area contributed by atoms with Crippen LogP contribution in [0.1, 0.15) is 57.9 Å². The first-order chi connectivity index (χ1) is 12.6. The lowest BCUT2D eigenvalue weighted by Gasteiger charge is -2.32. The zero-order valence-corrected chi connectivity index (χ0v) is 16.8. The minimum atomic E-state index is -0.635. The average molecular weight is 374 g/mol. The molecule has 3 rings (SSSR count). The van der Waals surface area contributed by atoms with Gasteiger partial charge in [0, 0.05) is 24.1 Å². The molecule has 0 unspecified atom stereocenters. The van der Waals surface area contributed by atoms with Crippen molar-refractivity contribution < 1.29 is 18.8 Å². The van der Waals surface area contributed by atoms with E-state index in [0.717, 1.165) is 12.8 Å². The number of pyridine rings is 1. The number of H-pyrrole nitrogens is 1. The number of unbranched alkanes of at least 4 members (excludes halogenated alkanes) is 1. The zero-order valence-electron chi connectivity index (χ0n) is 16.8. The molecule has 0 atom stereocenters. The highest BCUT2D eigenvalue weighted by Gasteiger charge is 2.52. The molecule has 1 aliphatic heterocycles. The van der Waals surface area contributed by atoms with Gasteiger partial charge in [0.2, 0.25) is 0 Å². The predicted octanol–water partition coefficient (Wildman–Crippen LogP) is 2.12. The second-order valence-corrected chi connectivity index (χ2v) is 8.05. The highest BCUT2D eigenvalue weighted by Crippen LogP contribution is 2.36. The number of aryl methyl sites for hydroxylation is 1. The summed E-state index contributed by atoms with van der Waals surface area (Å²) < 4.78 is 19.0. The lowest BCUT2D eigenvalue weighted by Crippen LogP contribution is -2.41. The fraction of sp³-hybridized carbons (Fsp3) is 0.579. The minimum absolute atomic E-state index is 0.224. The quantitative estimate of drug-likeness (QED) is 0.493. The number of nitrogens with one attached hydrogen (secondary N) is 1. The van der Waals surface area contributed by atoms with Gasteiger partial charge in [0.25, 0.3) is 5.56 Å². The SMILES string of the molecule is CCCCOC(=O)c1cc2c(B3OC(C)(C)C(C)(C)O3)cn(C)c(=O)c2[nH]1. The van der Waals surface area contributed by atoms with Gasteiger partial charge in [-0.2, -0.15) is 0 Å². The third-order valence-electron chi connectivity index (χ3n) is 5.45. The Morgan fingerprint density at radius 1 is 1.26 bits per heavy atom. The number of hydrogen-bond donors (Lipinski definition) is 1. The molecule has 8 heteroatoms. The molecule has 0 bridgehead atoms. The maximum Gasteiger partial charge on any atom is 0.497 e. The van der Waals surface area contributed by atoms with Crippen molar-refractivity contribution in [2.75, 3.05) is 6.61 Å². The first-order valence-electron chi connectivity index (χ1n) is 9.32. The van der Waals surface area contributed by atoms with E-state index in [1.807, 2.05) is 34.6 Å². The number of esters is 1. The van der Waals surface area contributed by atoms with Crippen LogP contribution in [0.5, 0.6) is 0 Å². The summed E-state index contributed by atoms with van der Waals surface area (Å²) in [4.78, 5) is 27.8. The van der Waals surface area contributed by atoms with Gasteiger partial charge in [-0.05, 0) is 40.2 Å². The average Bonchev–Trinajstić information content (AvgIpc) is 3.10.